The maximum Gasteiger partial charge on any atom is 0.374 e. The molecular formula is C10H8N2O7. The Morgan fingerprint density at radius 2 is 1.84 bits per heavy atom. The van der Waals surface area contributed by atoms with Crippen LogP contribution in [0.15, 0.2) is 18.2 Å². The van der Waals surface area contributed by atoms with Gasteiger partial charge in [-0.25, -0.2) is 4.79 Å². The van der Waals surface area contributed by atoms with Gasteiger partial charge in [0.15, 0.2) is 0 Å². The minimum Gasteiger partial charge on any atom is -0.463 e. The van der Waals surface area contributed by atoms with Crippen LogP contribution in [0.4, 0.5) is 11.4 Å². The van der Waals surface area contributed by atoms with Crippen LogP contribution in [-0.2, 0) is 20.7 Å². The second kappa shape index (κ2) is 5.67. The largest absolute Gasteiger partial charge is 0.463 e. The summed E-state index contributed by atoms with van der Waals surface area (Å²) < 4.78 is 4.18. The molecule has 19 heavy (non-hydrogen) atoms. The van der Waals surface area contributed by atoms with Crippen molar-refractivity contribution in [2.24, 2.45) is 0 Å². The molecule has 0 aliphatic rings. The predicted octanol–water partition coefficient (Wildman–Crippen LogP) is 0.788. The number of non-ortho nitro benzene ring substituents is 1. The van der Waals surface area contributed by atoms with Gasteiger partial charge in [0, 0.05) is 18.1 Å². The zero-order valence-corrected chi connectivity index (χ0v) is 9.69. The topological polar surface area (TPSA) is 130 Å². The molecule has 1 aromatic carbocycles. The number of nitrogens with zero attached hydrogens (tertiary/aromatic N) is 2. The summed E-state index contributed by atoms with van der Waals surface area (Å²) in [6.45, 7) is 0. The highest BCUT2D eigenvalue weighted by atomic mass is 16.6. The summed E-state index contributed by atoms with van der Waals surface area (Å²) in [5, 5.41) is 21.3. The molecule has 0 saturated heterocycles. The smallest absolute Gasteiger partial charge is 0.374 e. The highest BCUT2D eigenvalue weighted by molar-refractivity contribution is 6.34. The number of ketones is 1. The molecule has 0 aromatic heterocycles. The Kier molecular flexibility index (Phi) is 4.24. The Hall–Kier alpha value is -2.84. The first-order chi connectivity index (χ1) is 8.86. The van der Waals surface area contributed by atoms with Crippen molar-refractivity contribution in [1.82, 2.24) is 0 Å². The fraction of sp³-hybridized carbons (Fsp3) is 0.200. The van der Waals surface area contributed by atoms with Gasteiger partial charge in [-0.05, 0) is 6.07 Å². The van der Waals surface area contributed by atoms with E-state index in [1.54, 1.807) is 0 Å². The quantitative estimate of drug-likeness (QED) is 0.334. The minimum absolute atomic E-state index is 0.0917. The first-order valence-electron chi connectivity index (χ1n) is 4.89. The zero-order chi connectivity index (χ0) is 14.6. The van der Waals surface area contributed by atoms with Gasteiger partial charge in [-0.2, -0.15) is 0 Å². The highest BCUT2D eigenvalue weighted by Gasteiger charge is 2.23. The van der Waals surface area contributed by atoms with E-state index in [0.29, 0.717) is 0 Å². The molecule has 1 rings (SSSR count). The molecule has 0 fully saturated rings. The summed E-state index contributed by atoms with van der Waals surface area (Å²) in [5.74, 6) is -2.10. The normalized spacial score (nSPS) is 9.74. The number of hydrogen-bond acceptors (Lipinski definition) is 7. The van der Waals surface area contributed by atoms with Crippen LogP contribution < -0.4 is 0 Å². The van der Waals surface area contributed by atoms with E-state index in [9.17, 15) is 29.8 Å². The number of esters is 1. The number of ether oxygens (including phenoxy) is 1. The number of Topliss-reactive ketones (excluding diaryl/α,β-unsaturated/α-hetero) is 1. The molecule has 1 aromatic rings. The van der Waals surface area contributed by atoms with E-state index in [4.69, 9.17) is 0 Å². The van der Waals surface area contributed by atoms with Gasteiger partial charge in [0.05, 0.1) is 23.0 Å². The zero-order valence-electron chi connectivity index (χ0n) is 9.69. The predicted molar refractivity (Wildman–Crippen MR) is 60.5 cm³/mol. The SMILES string of the molecule is COC(=O)C(=O)Cc1ccc([N+](=O)[O-])cc1[N+](=O)[O-]. The second-order valence-electron chi connectivity index (χ2n) is 3.42. The van der Waals surface area contributed by atoms with Crippen molar-refractivity contribution in [3.8, 4) is 0 Å². The molecule has 0 bridgehead atoms. The molecule has 0 heterocycles. The van der Waals surface area contributed by atoms with E-state index in [1.165, 1.54) is 0 Å². The summed E-state index contributed by atoms with van der Waals surface area (Å²) in [6.07, 6.45) is -0.555. The van der Waals surface area contributed by atoms with Crippen LogP contribution in [0.25, 0.3) is 0 Å². The summed E-state index contributed by atoms with van der Waals surface area (Å²) >= 11 is 0. The molecule has 0 spiro atoms. The maximum atomic E-state index is 11.3. The van der Waals surface area contributed by atoms with Crippen LogP contribution in [0.1, 0.15) is 5.56 Å². The monoisotopic (exact) mass is 268 g/mol. The number of nitro groups is 2. The van der Waals surface area contributed by atoms with Crippen molar-refractivity contribution < 1.29 is 24.2 Å². The van der Waals surface area contributed by atoms with Crippen molar-refractivity contribution in [3.05, 3.63) is 44.0 Å². The molecule has 9 heteroatoms. The molecule has 0 radical (unpaired) electrons. The third-order valence-corrected chi connectivity index (χ3v) is 2.24. The Bertz CT molecular complexity index is 567. The molecule has 0 aliphatic heterocycles. The van der Waals surface area contributed by atoms with Crippen LogP contribution >= 0.6 is 0 Å². The van der Waals surface area contributed by atoms with E-state index < -0.39 is 39.4 Å². The molecule has 0 atom stereocenters. The maximum absolute atomic E-state index is 11.3. The van der Waals surface area contributed by atoms with E-state index in [0.717, 1.165) is 25.3 Å². The Morgan fingerprint density at radius 1 is 1.21 bits per heavy atom. The van der Waals surface area contributed by atoms with Gasteiger partial charge in [-0.1, -0.05) is 0 Å². The summed E-state index contributed by atoms with van der Waals surface area (Å²) in [5.41, 5.74) is -1.15. The molecule has 0 aliphatic carbocycles. The number of carbonyl (C=O) groups is 2. The average Bonchev–Trinajstić information content (AvgIpc) is 2.37. The lowest BCUT2D eigenvalue weighted by molar-refractivity contribution is -0.394. The molecule has 0 saturated carbocycles. The molecule has 0 amide bonds. The number of hydrogen-bond donors (Lipinski definition) is 0. The van der Waals surface area contributed by atoms with E-state index in [1.807, 2.05) is 0 Å². The highest BCUT2D eigenvalue weighted by Crippen LogP contribution is 2.25. The second-order valence-corrected chi connectivity index (χ2v) is 3.42. The molecule has 100 valence electrons. The Labute approximate surface area is 106 Å². The lowest BCUT2D eigenvalue weighted by Gasteiger charge is -2.01. The number of benzene rings is 1. The molecular weight excluding hydrogens is 260 g/mol. The molecule has 0 unspecified atom stereocenters. The standard InChI is InChI=1S/C10H8N2O7/c1-19-10(14)9(13)4-6-2-3-7(11(15)16)5-8(6)12(17)18/h2-3,5H,4H2,1H3. The lowest BCUT2D eigenvalue weighted by Crippen LogP contribution is -2.18. The van der Waals surface area contributed by atoms with Crippen molar-refractivity contribution in [2.45, 2.75) is 6.42 Å². The van der Waals surface area contributed by atoms with Gasteiger partial charge < -0.3 is 4.74 Å². The van der Waals surface area contributed by atoms with Crippen LogP contribution in [0.5, 0.6) is 0 Å². The van der Waals surface area contributed by atoms with Gasteiger partial charge >= 0.3 is 5.97 Å². The minimum atomic E-state index is -1.13. The number of carbonyl (C=O) groups excluding carboxylic acids is 2. The van der Waals surface area contributed by atoms with Gasteiger partial charge in [-0.15, -0.1) is 0 Å². The van der Waals surface area contributed by atoms with Crippen LogP contribution in [0.2, 0.25) is 0 Å². The molecule has 0 N–H and O–H groups in total. The van der Waals surface area contributed by atoms with Gasteiger partial charge in [0.25, 0.3) is 11.4 Å². The molecule has 9 nitrogen and oxygen atoms in total. The van der Waals surface area contributed by atoms with Crippen molar-refractivity contribution in [2.75, 3.05) is 7.11 Å². The van der Waals surface area contributed by atoms with Crippen LogP contribution in [-0.4, -0.2) is 28.7 Å². The van der Waals surface area contributed by atoms with E-state index >= 15 is 0 Å². The van der Waals surface area contributed by atoms with Crippen molar-refractivity contribution >= 4 is 23.1 Å². The van der Waals surface area contributed by atoms with Crippen LogP contribution in [0, 0.1) is 20.2 Å². The fourth-order valence-corrected chi connectivity index (χ4v) is 1.34. The first kappa shape index (κ1) is 14.2. The average molecular weight is 268 g/mol. The van der Waals surface area contributed by atoms with E-state index in [2.05, 4.69) is 4.74 Å². The Balaban J connectivity index is 3.14. The van der Waals surface area contributed by atoms with Gasteiger partial charge in [-0.3, -0.25) is 25.0 Å². The Morgan fingerprint density at radius 3 is 2.32 bits per heavy atom. The number of methoxy groups -OCH3 is 1. The summed E-state index contributed by atoms with van der Waals surface area (Å²) in [7, 11) is 1.00. The van der Waals surface area contributed by atoms with E-state index in [-0.39, 0.29) is 5.56 Å². The van der Waals surface area contributed by atoms with Crippen molar-refractivity contribution in [3.63, 3.8) is 0 Å². The summed E-state index contributed by atoms with van der Waals surface area (Å²) in [6, 6.07) is 2.82. The van der Waals surface area contributed by atoms with Gasteiger partial charge in [0.2, 0.25) is 5.78 Å². The third kappa shape index (κ3) is 3.31. The number of nitro benzene ring substituents is 2. The lowest BCUT2D eigenvalue weighted by atomic mass is 10.1. The third-order valence-electron chi connectivity index (χ3n) is 2.24. The summed E-state index contributed by atoms with van der Waals surface area (Å²) in [4.78, 5) is 41.9. The van der Waals surface area contributed by atoms with Gasteiger partial charge in [0.1, 0.15) is 0 Å². The number of rotatable bonds is 5. The van der Waals surface area contributed by atoms with Crippen molar-refractivity contribution in [1.29, 1.82) is 0 Å². The first-order valence-corrected chi connectivity index (χ1v) is 4.89. The van der Waals surface area contributed by atoms with Crippen LogP contribution in [0.3, 0.4) is 0 Å². The fourth-order valence-electron chi connectivity index (χ4n) is 1.34.